The van der Waals surface area contributed by atoms with Crippen LogP contribution >= 0.6 is 0 Å². The number of likely N-dealkylation sites (tertiary alicyclic amines) is 1. The Labute approximate surface area is 186 Å². The van der Waals surface area contributed by atoms with Crippen molar-refractivity contribution in [2.24, 2.45) is 0 Å². The molecule has 1 aliphatic heterocycles. The summed E-state index contributed by atoms with van der Waals surface area (Å²) in [5.74, 6) is -0.256. The standard InChI is InChI=1S/C25H26FN5O/c26-21-3-5-22(6-4-21)29-23-7-8-24-20(14-23)16-28-31(24)18-25(32)9-12-30(13-10-25)17-19-2-1-11-27-15-19/h1-8,11,14-16,29,32H,9-10,12-13,17-18H2. The van der Waals surface area contributed by atoms with E-state index in [0.717, 1.165) is 41.9 Å². The number of hydrogen-bond acceptors (Lipinski definition) is 5. The van der Waals surface area contributed by atoms with Crippen molar-refractivity contribution in [2.45, 2.75) is 31.5 Å². The molecule has 1 fully saturated rings. The average Bonchev–Trinajstić information content (AvgIpc) is 3.19. The van der Waals surface area contributed by atoms with E-state index in [1.54, 1.807) is 18.3 Å². The zero-order valence-electron chi connectivity index (χ0n) is 17.8. The highest BCUT2D eigenvalue weighted by molar-refractivity contribution is 5.83. The van der Waals surface area contributed by atoms with Crippen molar-refractivity contribution in [2.75, 3.05) is 18.4 Å². The van der Waals surface area contributed by atoms with Gasteiger partial charge in [-0.2, -0.15) is 5.10 Å². The number of hydrogen-bond donors (Lipinski definition) is 2. The third-order valence-electron chi connectivity index (χ3n) is 6.13. The highest BCUT2D eigenvalue weighted by Crippen LogP contribution is 2.28. The van der Waals surface area contributed by atoms with Gasteiger partial charge in [0.2, 0.25) is 0 Å². The first kappa shape index (κ1) is 20.6. The van der Waals surface area contributed by atoms with E-state index in [4.69, 9.17) is 0 Å². The molecule has 0 amide bonds. The molecule has 1 saturated heterocycles. The fraction of sp³-hybridized carbons (Fsp3) is 0.280. The summed E-state index contributed by atoms with van der Waals surface area (Å²) in [5, 5.41) is 20.0. The summed E-state index contributed by atoms with van der Waals surface area (Å²) < 4.78 is 15.0. The van der Waals surface area contributed by atoms with E-state index in [0.29, 0.717) is 19.4 Å². The van der Waals surface area contributed by atoms with Gasteiger partial charge in [0.05, 0.1) is 23.9 Å². The molecule has 7 heteroatoms. The molecule has 5 rings (SSSR count). The summed E-state index contributed by atoms with van der Waals surface area (Å²) in [5.41, 5.74) is 3.15. The molecule has 32 heavy (non-hydrogen) atoms. The van der Waals surface area contributed by atoms with Gasteiger partial charge in [-0.05, 0) is 66.9 Å². The average molecular weight is 432 g/mol. The number of pyridine rings is 1. The number of fused-ring (bicyclic) bond motifs is 1. The zero-order valence-corrected chi connectivity index (χ0v) is 17.8. The van der Waals surface area contributed by atoms with E-state index >= 15 is 0 Å². The van der Waals surface area contributed by atoms with Gasteiger partial charge in [-0.15, -0.1) is 0 Å². The van der Waals surface area contributed by atoms with Gasteiger partial charge in [-0.25, -0.2) is 4.39 Å². The van der Waals surface area contributed by atoms with Crippen molar-refractivity contribution < 1.29 is 9.50 Å². The van der Waals surface area contributed by atoms with Gasteiger partial charge < -0.3 is 10.4 Å². The highest BCUT2D eigenvalue weighted by atomic mass is 19.1. The van der Waals surface area contributed by atoms with Gasteiger partial charge >= 0.3 is 0 Å². The van der Waals surface area contributed by atoms with Crippen LogP contribution in [0.5, 0.6) is 0 Å². The van der Waals surface area contributed by atoms with Crippen molar-refractivity contribution in [3.63, 3.8) is 0 Å². The fourth-order valence-corrected chi connectivity index (χ4v) is 4.30. The van der Waals surface area contributed by atoms with E-state index < -0.39 is 5.60 Å². The number of aliphatic hydroxyl groups is 1. The Morgan fingerprint density at radius 3 is 2.53 bits per heavy atom. The van der Waals surface area contributed by atoms with E-state index in [9.17, 15) is 9.50 Å². The maximum absolute atomic E-state index is 13.1. The molecule has 2 aromatic heterocycles. The number of halogens is 1. The van der Waals surface area contributed by atoms with Crippen LogP contribution in [0.15, 0.2) is 73.2 Å². The van der Waals surface area contributed by atoms with Crippen LogP contribution in [0.2, 0.25) is 0 Å². The molecule has 2 N–H and O–H groups in total. The quantitative estimate of drug-likeness (QED) is 0.475. The summed E-state index contributed by atoms with van der Waals surface area (Å²) in [7, 11) is 0. The maximum Gasteiger partial charge on any atom is 0.123 e. The number of rotatable bonds is 6. The van der Waals surface area contributed by atoms with Crippen molar-refractivity contribution >= 4 is 22.3 Å². The minimum Gasteiger partial charge on any atom is -0.388 e. The predicted molar refractivity (Wildman–Crippen MR) is 123 cm³/mol. The van der Waals surface area contributed by atoms with E-state index in [-0.39, 0.29) is 5.82 Å². The second-order valence-electron chi connectivity index (χ2n) is 8.57. The highest BCUT2D eigenvalue weighted by Gasteiger charge is 2.33. The fourth-order valence-electron chi connectivity index (χ4n) is 4.30. The number of nitrogens with zero attached hydrogens (tertiary/aromatic N) is 4. The molecule has 0 bridgehead atoms. The van der Waals surface area contributed by atoms with Crippen LogP contribution in [0, 0.1) is 5.82 Å². The van der Waals surface area contributed by atoms with Crippen molar-refractivity contribution in [1.29, 1.82) is 0 Å². The van der Waals surface area contributed by atoms with Crippen LogP contribution in [-0.4, -0.2) is 43.5 Å². The molecule has 2 aromatic carbocycles. The lowest BCUT2D eigenvalue weighted by molar-refractivity contribution is -0.0372. The summed E-state index contributed by atoms with van der Waals surface area (Å²) in [6, 6.07) is 16.3. The molecule has 0 unspecified atom stereocenters. The van der Waals surface area contributed by atoms with E-state index in [1.165, 1.54) is 17.7 Å². The molecular weight excluding hydrogens is 405 g/mol. The molecule has 4 aromatic rings. The van der Waals surface area contributed by atoms with Gasteiger partial charge in [0.1, 0.15) is 5.82 Å². The number of anilines is 2. The first-order valence-electron chi connectivity index (χ1n) is 10.9. The largest absolute Gasteiger partial charge is 0.388 e. The van der Waals surface area contributed by atoms with Crippen LogP contribution in [0.25, 0.3) is 10.9 Å². The van der Waals surface area contributed by atoms with Crippen LogP contribution in [0.4, 0.5) is 15.8 Å². The third kappa shape index (κ3) is 4.64. The Bertz CT molecular complexity index is 1180. The molecule has 0 saturated carbocycles. The Kier molecular flexibility index (Phi) is 5.59. The minimum atomic E-state index is -0.768. The minimum absolute atomic E-state index is 0.256. The van der Waals surface area contributed by atoms with Gasteiger partial charge in [-0.1, -0.05) is 6.07 Å². The van der Waals surface area contributed by atoms with E-state index in [1.807, 2.05) is 41.3 Å². The molecule has 0 aliphatic carbocycles. The number of aromatic nitrogens is 3. The summed E-state index contributed by atoms with van der Waals surface area (Å²) >= 11 is 0. The number of nitrogens with one attached hydrogen (secondary N) is 1. The molecule has 1 aliphatic rings. The van der Waals surface area contributed by atoms with Gasteiger partial charge in [0.25, 0.3) is 0 Å². The van der Waals surface area contributed by atoms with Gasteiger partial charge in [-0.3, -0.25) is 14.6 Å². The Morgan fingerprint density at radius 1 is 1.00 bits per heavy atom. The molecule has 0 radical (unpaired) electrons. The Balaban J connectivity index is 1.23. The monoisotopic (exact) mass is 431 g/mol. The van der Waals surface area contributed by atoms with Gasteiger partial charge in [0, 0.05) is 48.8 Å². The lowest BCUT2D eigenvalue weighted by Crippen LogP contribution is -2.46. The van der Waals surface area contributed by atoms with Crippen LogP contribution in [0.1, 0.15) is 18.4 Å². The zero-order chi connectivity index (χ0) is 22.0. The smallest absolute Gasteiger partial charge is 0.123 e. The van der Waals surface area contributed by atoms with Gasteiger partial charge in [0.15, 0.2) is 0 Å². The van der Waals surface area contributed by atoms with Crippen LogP contribution in [0.3, 0.4) is 0 Å². The van der Waals surface area contributed by atoms with Crippen molar-refractivity contribution in [1.82, 2.24) is 19.7 Å². The van der Waals surface area contributed by atoms with Crippen LogP contribution in [-0.2, 0) is 13.1 Å². The lowest BCUT2D eigenvalue weighted by Gasteiger charge is -2.38. The number of benzene rings is 2. The summed E-state index contributed by atoms with van der Waals surface area (Å²) in [6.45, 7) is 3.02. The summed E-state index contributed by atoms with van der Waals surface area (Å²) in [4.78, 5) is 6.54. The van der Waals surface area contributed by atoms with E-state index in [2.05, 4.69) is 26.4 Å². The first-order valence-corrected chi connectivity index (χ1v) is 10.9. The molecule has 164 valence electrons. The molecule has 0 spiro atoms. The molecule has 0 atom stereocenters. The second-order valence-corrected chi connectivity index (χ2v) is 8.57. The molecule has 6 nitrogen and oxygen atoms in total. The maximum atomic E-state index is 13.1. The Hall–Kier alpha value is -3.29. The number of piperidine rings is 1. The molecule has 3 heterocycles. The second kappa shape index (κ2) is 8.68. The van der Waals surface area contributed by atoms with Crippen LogP contribution < -0.4 is 5.32 Å². The third-order valence-corrected chi connectivity index (χ3v) is 6.13. The Morgan fingerprint density at radius 2 is 1.78 bits per heavy atom. The lowest BCUT2D eigenvalue weighted by atomic mass is 9.91. The first-order chi connectivity index (χ1) is 15.6. The topological polar surface area (TPSA) is 66.2 Å². The van der Waals surface area contributed by atoms with Crippen molar-refractivity contribution in [3.05, 3.63) is 84.6 Å². The normalized spacial score (nSPS) is 16.3. The SMILES string of the molecule is OC1(Cn2ncc3cc(Nc4ccc(F)cc4)ccc32)CCN(Cc2cccnc2)CC1. The summed E-state index contributed by atoms with van der Waals surface area (Å²) in [6.07, 6.45) is 6.92. The predicted octanol–water partition coefficient (Wildman–Crippen LogP) is 4.34. The molecular formula is C25H26FN5O. The van der Waals surface area contributed by atoms with Crippen molar-refractivity contribution in [3.8, 4) is 0 Å².